The summed E-state index contributed by atoms with van der Waals surface area (Å²) in [6, 6.07) is 7.04. The van der Waals surface area contributed by atoms with Gasteiger partial charge in [-0.3, -0.25) is 4.79 Å². The number of nitrogens with two attached hydrogens (primary N) is 1. The third-order valence-corrected chi connectivity index (χ3v) is 3.50. The molecule has 1 fully saturated rings. The molecule has 0 bridgehead atoms. The molecule has 1 aromatic carbocycles. The van der Waals surface area contributed by atoms with Crippen LogP contribution in [-0.2, 0) is 4.79 Å². The van der Waals surface area contributed by atoms with Gasteiger partial charge >= 0.3 is 0 Å². The monoisotopic (exact) mass is 298 g/mol. The van der Waals surface area contributed by atoms with E-state index in [1.165, 1.54) is 12.8 Å². The first kappa shape index (κ1) is 16.8. The summed E-state index contributed by atoms with van der Waals surface area (Å²) in [7, 11) is 0. The zero-order valence-electron chi connectivity index (χ0n) is 11.8. The van der Waals surface area contributed by atoms with Crippen LogP contribution in [0.3, 0.4) is 0 Å². The molecule has 3 N–H and O–H groups in total. The van der Waals surface area contributed by atoms with Crippen molar-refractivity contribution in [3.63, 3.8) is 0 Å². The molecule has 1 aliphatic rings. The summed E-state index contributed by atoms with van der Waals surface area (Å²) in [5, 5.41) is 2.79. The Bertz CT molecular complexity index is 416. The van der Waals surface area contributed by atoms with Crippen molar-refractivity contribution >= 4 is 24.0 Å². The lowest BCUT2D eigenvalue weighted by Gasteiger charge is -2.14. The van der Waals surface area contributed by atoms with Crippen molar-refractivity contribution in [2.45, 2.75) is 51.2 Å². The van der Waals surface area contributed by atoms with E-state index >= 15 is 0 Å². The second-order valence-electron chi connectivity index (χ2n) is 5.05. The molecule has 0 unspecified atom stereocenters. The Morgan fingerprint density at radius 3 is 2.50 bits per heavy atom. The maximum atomic E-state index is 11.6. The minimum atomic E-state index is -0.450. The molecule has 5 heteroatoms. The minimum Gasteiger partial charge on any atom is -0.490 e. The molecule has 4 nitrogen and oxygen atoms in total. The first-order chi connectivity index (χ1) is 9.19. The van der Waals surface area contributed by atoms with Gasteiger partial charge in [-0.05, 0) is 56.4 Å². The maximum Gasteiger partial charge on any atom is 0.241 e. The highest BCUT2D eigenvalue weighted by Gasteiger charge is 2.16. The number of ether oxygens (including phenoxy) is 1. The molecule has 0 heterocycles. The predicted molar refractivity (Wildman–Crippen MR) is 83.5 cm³/mol. The van der Waals surface area contributed by atoms with E-state index in [-0.39, 0.29) is 18.3 Å². The van der Waals surface area contributed by atoms with Crippen LogP contribution in [0.2, 0.25) is 0 Å². The van der Waals surface area contributed by atoms with E-state index in [1.807, 2.05) is 31.2 Å². The highest BCUT2D eigenvalue weighted by atomic mass is 35.5. The Morgan fingerprint density at radius 2 is 1.95 bits per heavy atom. The van der Waals surface area contributed by atoms with Gasteiger partial charge in [0.25, 0.3) is 0 Å². The number of hydrogen-bond acceptors (Lipinski definition) is 3. The average Bonchev–Trinajstić information content (AvgIpc) is 2.93. The average molecular weight is 299 g/mol. The van der Waals surface area contributed by atoms with E-state index in [9.17, 15) is 4.79 Å². The standard InChI is InChI=1S/C15H22N2O2.ClH/c1-2-14(16)15(18)17-11-7-9-13(10-8-11)19-12-5-3-4-6-12;/h7-10,12,14H,2-6,16H2,1H3,(H,17,18);1H/t14-;/m0./s1. The summed E-state index contributed by atoms with van der Waals surface area (Å²) in [6.07, 6.45) is 5.79. The van der Waals surface area contributed by atoms with E-state index in [4.69, 9.17) is 10.5 Å². The van der Waals surface area contributed by atoms with Gasteiger partial charge in [0, 0.05) is 5.69 Å². The number of amides is 1. The minimum absolute atomic E-state index is 0. The lowest BCUT2D eigenvalue weighted by molar-refractivity contribution is -0.117. The molecule has 0 radical (unpaired) electrons. The second-order valence-corrected chi connectivity index (χ2v) is 5.05. The molecule has 0 aromatic heterocycles. The van der Waals surface area contributed by atoms with Crippen LogP contribution in [0, 0.1) is 0 Å². The van der Waals surface area contributed by atoms with Crippen molar-refractivity contribution in [1.82, 2.24) is 0 Å². The molecule has 1 amide bonds. The Hall–Kier alpha value is -1.26. The fourth-order valence-electron chi connectivity index (χ4n) is 2.24. The molecule has 112 valence electrons. The number of carbonyl (C=O) groups excluding carboxylic acids is 1. The Labute approximate surface area is 126 Å². The fourth-order valence-corrected chi connectivity index (χ4v) is 2.24. The first-order valence-electron chi connectivity index (χ1n) is 7.02. The van der Waals surface area contributed by atoms with Gasteiger partial charge in [-0.25, -0.2) is 0 Å². The molecule has 0 aliphatic heterocycles. The summed E-state index contributed by atoms with van der Waals surface area (Å²) in [5.74, 6) is 0.719. The zero-order chi connectivity index (χ0) is 13.7. The van der Waals surface area contributed by atoms with E-state index in [2.05, 4.69) is 5.32 Å². The largest absolute Gasteiger partial charge is 0.490 e. The van der Waals surface area contributed by atoms with Crippen LogP contribution in [0.15, 0.2) is 24.3 Å². The smallest absolute Gasteiger partial charge is 0.241 e. The van der Waals surface area contributed by atoms with Crippen LogP contribution in [-0.4, -0.2) is 18.1 Å². The van der Waals surface area contributed by atoms with Crippen molar-refractivity contribution < 1.29 is 9.53 Å². The molecular weight excluding hydrogens is 276 g/mol. The summed E-state index contributed by atoms with van der Waals surface area (Å²) in [6.45, 7) is 1.89. The number of rotatable bonds is 5. The number of anilines is 1. The quantitative estimate of drug-likeness (QED) is 0.878. The molecular formula is C15H23ClN2O2. The van der Waals surface area contributed by atoms with Gasteiger partial charge in [0.2, 0.25) is 5.91 Å². The molecule has 1 aliphatic carbocycles. The summed E-state index contributed by atoms with van der Waals surface area (Å²) >= 11 is 0. The molecule has 0 saturated heterocycles. The highest BCUT2D eigenvalue weighted by Crippen LogP contribution is 2.24. The van der Waals surface area contributed by atoms with Crippen LogP contribution >= 0.6 is 12.4 Å². The van der Waals surface area contributed by atoms with Gasteiger partial charge in [0.1, 0.15) is 5.75 Å². The Kier molecular flexibility index (Phi) is 6.82. The van der Waals surface area contributed by atoms with Crippen molar-refractivity contribution in [2.24, 2.45) is 5.73 Å². The summed E-state index contributed by atoms with van der Waals surface area (Å²) < 4.78 is 5.87. The van der Waals surface area contributed by atoms with Gasteiger partial charge in [0.15, 0.2) is 0 Å². The highest BCUT2D eigenvalue weighted by molar-refractivity contribution is 5.94. The van der Waals surface area contributed by atoms with Gasteiger partial charge in [0.05, 0.1) is 12.1 Å². The lowest BCUT2D eigenvalue weighted by Crippen LogP contribution is -2.34. The van der Waals surface area contributed by atoms with E-state index < -0.39 is 6.04 Å². The predicted octanol–water partition coefficient (Wildman–Crippen LogP) is 3.11. The van der Waals surface area contributed by atoms with Crippen molar-refractivity contribution in [1.29, 1.82) is 0 Å². The van der Waals surface area contributed by atoms with Gasteiger partial charge in [-0.2, -0.15) is 0 Å². The summed E-state index contributed by atoms with van der Waals surface area (Å²) in [5.41, 5.74) is 6.42. The lowest BCUT2D eigenvalue weighted by atomic mass is 10.2. The molecule has 1 saturated carbocycles. The van der Waals surface area contributed by atoms with E-state index in [0.29, 0.717) is 12.5 Å². The van der Waals surface area contributed by atoms with Gasteiger partial charge in [-0.1, -0.05) is 6.92 Å². The van der Waals surface area contributed by atoms with Crippen LogP contribution < -0.4 is 15.8 Å². The fraction of sp³-hybridized carbons (Fsp3) is 0.533. The molecule has 1 aromatic rings. The molecule has 0 spiro atoms. The Morgan fingerprint density at radius 1 is 1.35 bits per heavy atom. The van der Waals surface area contributed by atoms with E-state index in [1.54, 1.807) is 0 Å². The van der Waals surface area contributed by atoms with Gasteiger partial charge < -0.3 is 15.8 Å². The zero-order valence-corrected chi connectivity index (χ0v) is 12.6. The number of benzene rings is 1. The normalized spacial score (nSPS) is 16.3. The maximum absolute atomic E-state index is 11.6. The second kappa shape index (κ2) is 8.12. The van der Waals surface area contributed by atoms with Gasteiger partial charge in [-0.15, -0.1) is 12.4 Å². The van der Waals surface area contributed by atoms with Crippen molar-refractivity contribution in [2.75, 3.05) is 5.32 Å². The number of nitrogens with one attached hydrogen (secondary N) is 1. The topological polar surface area (TPSA) is 64.4 Å². The van der Waals surface area contributed by atoms with Crippen LogP contribution in [0.25, 0.3) is 0 Å². The number of halogens is 1. The van der Waals surface area contributed by atoms with Crippen LogP contribution in [0.4, 0.5) is 5.69 Å². The Balaban J connectivity index is 0.00000200. The van der Waals surface area contributed by atoms with Crippen molar-refractivity contribution in [3.8, 4) is 5.75 Å². The number of carbonyl (C=O) groups is 1. The third-order valence-electron chi connectivity index (χ3n) is 3.50. The number of hydrogen-bond donors (Lipinski definition) is 2. The molecule has 20 heavy (non-hydrogen) atoms. The van der Waals surface area contributed by atoms with Crippen molar-refractivity contribution in [3.05, 3.63) is 24.3 Å². The first-order valence-corrected chi connectivity index (χ1v) is 7.02. The molecule has 1 atom stereocenters. The summed E-state index contributed by atoms with van der Waals surface area (Å²) in [4.78, 5) is 11.6. The third kappa shape index (κ3) is 4.69. The molecule has 2 rings (SSSR count). The SMILES string of the molecule is CC[C@H](N)C(=O)Nc1ccc(OC2CCCC2)cc1.Cl. The van der Waals surface area contributed by atoms with Crippen LogP contribution in [0.1, 0.15) is 39.0 Å². The van der Waals surface area contributed by atoms with E-state index in [0.717, 1.165) is 24.3 Å². The van der Waals surface area contributed by atoms with Crippen LogP contribution in [0.5, 0.6) is 5.75 Å².